The molecule has 4 nitrogen and oxygen atoms in total. The number of nitro groups is 1. The first-order valence-corrected chi connectivity index (χ1v) is 5.46. The summed E-state index contributed by atoms with van der Waals surface area (Å²) >= 11 is 0. The molecule has 0 spiro atoms. The molecule has 1 atom stereocenters. The zero-order chi connectivity index (χ0) is 12.1. The van der Waals surface area contributed by atoms with Gasteiger partial charge in [-0.15, -0.1) is 0 Å². The summed E-state index contributed by atoms with van der Waals surface area (Å²) in [7, 11) is 0. The van der Waals surface area contributed by atoms with Crippen LogP contribution in [0.4, 0.5) is 5.69 Å². The Labute approximate surface area is 95.1 Å². The lowest BCUT2D eigenvalue weighted by molar-refractivity contribution is -0.385. The van der Waals surface area contributed by atoms with Gasteiger partial charge in [-0.05, 0) is 31.4 Å². The van der Waals surface area contributed by atoms with Gasteiger partial charge in [0.2, 0.25) is 0 Å². The van der Waals surface area contributed by atoms with Gasteiger partial charge in [-0.3, -0.25) is 10.1 Å². The standard InChI is InChI=1S/C12H17NO3/c1-3-4-11(14)8-10-5-6-12(13(15)16)9(2)7-10/h5-7,11,14H,3-4,8H2,1-2H3. The molecule has 0 heterocycles. The molecule has 1 unspecified atom stereocenters. The Kier molecular flexibility index (Phi) is 4.43. The molecule has 0 bridgehead atoms. The van der Waals surface area contributed by atoms with E-state index in [2.05, 4.69) is 0 Å². The normalized spacial score (nSPS) is 12.4. The number of rotatable bonds is 5. The van der Waals surface area contributed by atoms with E-state index >= 15 is 0 Å². The first kappa shape index (κ1) is 12.6. The van der Waals surface area contributed by atoms with E-state index in [9.17, 15) is 15.2 Å². The summed E-state index contributed by atoms with van der Waals surface area (Å²) in [5.41, 5.74) is 1.73. The maximum atomic E-state index is 10.6. The van der Waals surface area contributed by atoms with Gasteiger partial charge in [-0.25, -0.2) is 0 Å². The van der Waals surface area contributed by atoms with Crippen molar-refractivity contribution in [3.05, 3.63) is 39.4 Å². The summed E-state index contributed by atoms with van der Waals surface area (Å²) in [6, 6.07) is 4.99. The van der Waals surface area contributed by atoms with Crippen LogP contribution in [0.25, 0.3) is 0 Å². The van der Waals surface area contributed by atoms with E-state index in [1.165, 1.54) is 6.07 Å². The Bertz CT molecular complexity index is 377. The maximum absolute atomic E-state index is 10.6. The third kappa shape index (κ3) is 3.31. The van der Waals surface area contributed by atoms with Gasteiger partial charge in [-0.1, -0.05) is 19.4 Å². The molecule has 1 rings (SSSR count). The average molecular weight is 223 g/mol. The van der Waals surface area contributed by atoms with Gasteiger partial charge < -0.3 is 5.11 Å². The topological polar surface area (TPSA) is 63.4 Å². The summed E-state index contributed by atoms with van der Waals surface area (Å²) in [4.78, 5) is 10.2. The zero-order valence-electron chi connectivity index (χ0n) is 9.64. The molecule has 0 fully saturated rings. The minimum absolute atomic E-state index is 0.133. The van der Waals surface area contributed by atoms with Crippen LogP contribution in [0.2, 0.25) is 0 Å². The Hall–Kier alpha value is -1.42. The quantitative estimate of drug-likeness (QED) is 0.616. The first-order chi connectivity index (χ1) is 7.54. The molecule has 0 saturated heterocycles. The number of aryl methyl sites for hydroxylation is 1. The number of benzene rings is 1. The second-order valence-electron chi connectivity index (χ2n) is 4.02. The van der Waals surface area contributed by atoms with Crippen LogP contribution in [0, 0.1) is 17.0 Å². The fraction of sp³-hybridized carbons (Fsp3) is 0.500. The average Bonchev–Trinajstić information content (AvgIpc) is 2.17. The van der Waals surface area contributed by atoms with Crippen molar-refractivity contribution in [2.45, 2.75) is 39.2 Å². The smallest absolute Gasteiger partial charge is 0.272 e. The van der Waals surface area contributed by atoms with Crippen molar-refractivity contribution in [3.63, 3.8) is 0 Å². The Morgan fingerprint density at radius 3 is 2.69 bits per heavy atom. The van der Waals surface area contributed by atoms with Crippen LogP contribution in [0.5, 0.6) is 0 Å². The molecule has 1 aromatic rings. The number of aliphatic hydroxyl groups excluding tert-OH is 1. The van der Waals surface area contributed by atoms with Gasteiger partial charge in [-0.2, -0.15) is 0 Å². The van der Waals surface area contributed by atoms with Gasteiger partial charge in [0.1, 0.15) is 0 Å². The van der Waals surface area contributed by atoms with Crippen molar-refractivity contribution < 1.29 is 10.0 Å². The molecule has 0 aliphatic carbocycles. The Morgan fingerprint density at radius 2 is 2.19 bits per heavy atom. The van der Waals surface area contributed by atoms with E-state index in [0.29, 0.717) is 12.0 Å². The van der Waals surface area contributed by atoms with Crippen LogP contribution in [0.1, 0.15) is 30.9 Å². The summed E-state index contributed by atoms with van der Waals surface area (Å²) in [6.07, 6.45) is 1.90. The lowest BCUT2D eigenvalue weighted by Gasteiger charge is -2.09. The summed E-state index contributed by atoms with van der Waals surface area (Å²) < 4.78 is 0. The van der Waals surface area contributed by atoms with E-state index in [-0.39, 0.29) is 16.7 Å². The molecule has 0 radical (unpaired) electrons. The van der Waals surface area contributed by atoms with Gasteiger partial charge in [0.05, 0.1) is 11.0 Å². The summed E-state index contributed by atoms with van der Waals surface area (Å²) in [5.74, 6) is 0. The minimum Gasteiger partial charge on any atom is -0.393 e. The largest absolute Gasteiger partial charge is 0.393 e. The predicted octanol–water partition coefficient (Wildman–Crippen LogP) is 2.61. The molecule has 4 heteroatoms. The van der Waals surface area contributed by atoms with E-state index in [1.807, 2.05) is 6.92 Å². The molecule has 0 aliphatic heterocycles. The van der Waals surface area contributed by atoms with Crippen molar-refractivity contribution in [2.75, 3.05) is 0 Å². The van der Waals surface area contributed by atoms with Crippen LogP contribution in [-0.2, 0) is 6.42 Å². The minimum atomic E-state index is -0.387. The van der Waals surface area contributed by atoms with Crippen molar-refractivity contribution >= 4 is 5.69 Å². The SMILES string of the molecule is CCCC(O)Cc1ccc([N+](=O)[O-])c(C)c1. The molecule has 0 aliphatic rings. The fourth-order valence-corrected chi connectivity index (χ4v) is 1.76. The highest BCUT2D eigenvalue weighted by molar-refractivity contribution is 5.41. The summed E-state index contributed by atoms with van der Waals surface area (Å²) in [6.45, 7) is 3.73. The lowest BCUT2D eigenvalue weighted by Crippen LogP contribution is -2.09. The van der Waals surface area contributed by atoms with Crippen LogP contribution in [-0.4, -0.2) is 16.1 Å². The second kappa shape index (κ2) is 5.61. The number of hydrogen-bond donors (Lipinski definition) is 1. The molecular formula is C12H17NO3. The van der Waals surface area contributed by atoms with Crippen LogP contribution in [0.3, 0.4) is 0 Å². The number of aliphatic hydroxyl groups is 1. The van der Waals surface area contributed by atoms with Gasteiger partial charge >= 0.3 is 0 Å². The van der Waals surface area contributed by atoms with Gasteiger partial charge in [0.15, 0.2) is 0 Å². The Balaban J connectivity index is 2.77. The second-order valence-corrected chi connectivity index (χ2v) is 4.02. The molecule has 1 aromatic carbocycles. The van der Waals surface area contributed by atoms with Crippen LogP contribution >= 0.6 is 0 Å². The number of nitro benzene ring substituents is 1. The molecule has 0 amide bonds. The molecule has 88 valence electrons. The third-order valence-corrected chi connectivity index (χ3v) is 2.55. The van der Waals surface area contributed by atoms with E-state index in [1.54, 1.807) is 19.1 Å². The fourth-order valence-electron chi connectivity index (χ4n) is 1.76. The van der Waals surface area contributed by atoms with Gasteiger partial charge in [0, 0.05) is 11.6 Å². The lowest BCUT2D eigenvalue weighted by atomic mass is 10.0. The molecular weight excluding hydrogens is 206 g/mol. The van der Waals surface area contributed by atoms with E-state index in [4.69, 9.17) is 0 Å². The van der Waals surface area contributed by atoms with Crippen molar-refractivity contribution in [1.29, 1.82) is 0 Å². The van der Waals surface area contributed by atoms with Crippen molar-refractivity contribution in [2.24, 2.45) is 0 Å². The van der Waals surface area contributed by atoms with Crippen LogP contribution < -0.4 is 0 Å². The predicted molar refractivity (Wildman–Crippen MR) is 62.5 cm³/mol. The monoisotopic (exact) mass is 223 g/mol. The van der Waals surface area contributed by atoms with E-state index in [0.717, 1.165) is 18.4 Å². The van der Waals surface area contributed by atoms with Gasteiger partial charge in [0.25, 0.3) is 5.69 Å². The summed E-state index contributed by atoms with van der Waals surface area (Å²) in [5, 5.41) is 20.3. The highest BCUT2D eigenvalue weighted by Gasteiger charge is 2.11. The number of hydrogen-bond acceptors (Lipinski definition) is 3. The number of nitrogens with zero attached hydrogens (tertiary/aromatic N) is 1. The Morgan fingerprint density at radius 1 is 1.50 bits per heavy atom. The van der Waals surface area contributed by atoms with Crippen molar-refractivity contribution in [1.82, 2.24) is 0 Å². The highest BCUT2D eigenvalue weighted by Crippen LogP contribution is 2.20. The van der Waals surface area contributed by atoms with E-state index < -0.39 is 0 Å². The zero-order valence-corrected chi connectivity index (χ0v) is 9.64. The first-order valence-electron chi connectivity index (χ1n) is 5.46. The molecule has 0 aromatic heterocycles. The third-order valence-electron chi connectivity index (χ3n) is 2.55. The van der Waals surface area contributed by atoms with Crippen LogP contribution in [0.15, 0.2) is 18.2 Å². The molecule has 1 N–H and O–H groups in total. The maximum Gasteiger partial charge on any atom is 0.272 e. The highest BCUT2D eigenvalue weighted by atomic mass is 16.6. The molecule has 0 saturated carbocycles. The molecule has 16 heavy (non-hydrogen) atoms. The van der Waals surface area contributed by atoms with Crippen molar-refractivity contribution in [3.8, 4) is 0 Å².